The number of fused-ring (bicyclic) bond motifs is 1. The van der Waals surface area contributed by atoms with E-state index >= 15 is 0 Å². The maximum Gasteiger partial charge on any atom is 0.256 e. The van der Waals surface area contributed by atoms with E-state index in [0.29, 0.717) is 11.4 Å². The van der Waals surface area contributed by atoms with Gasteiger partial charge in [-0.1, -0.05) is 24.3 Å². The van der Waals surface area contributed by atoms with E-state index in [4.69, 9.17) is 4.42 Å². The Kier molecular flexibility index (Phi) is 3.32. The van der Waals surface area contributed by atoms with Crippen molar-refractivity contribution in [2.45, 2.75) is 0 Å². The van der Waals surface area contributed by atoms with Crippen LogP contribution in [0.5, 0.6) is 0 Å². The number of hydrogen-bond acceptors (Lipinski definition) is 4. The normalized spacial score (nSPS) is 12.4. The number of pyridine rings is 1. The molecular weight excluding hydrogens is 290 g/mol. The van der Waals surface area contributed by atoms with Crippen LogP contribution < -0.4 is 5.62 Å². The van der Waals surface area contributed by atoms with Gasteiger partial charge in [-0.05, 0) is 36.4 Å². The summed E-state index contributed by atoms with van der Waals surface area (Å²) in [5.74, 6) is 0.647. The average molecular weight is 303 g/mol. The SMILES string of the molecule is C(=N/N=c1\n(-c2ccccc2)nc2ccccn12)c1ccco1. The highest BCUT2D eigenvalue weighted by atomic mass is 16.3. The van der Waals surface area contributed by atoms with Crippen LogP contribution in [0.4, 0.5) is 0 Å². The molecule has 0 fully saturated rings. The van der Waals surface area contributed by atoms with E-state index in [-0.39, 0.29) is 0 Å². The second kappa shape index (κ2) is 5.76. The Bertz CT molecular complexity index is 1010. The smallest absolute Gasteiger partial charge is 0.256 e. The van der Waals surface area contributed by atoms with Gasteiger partial charge in [-0.15, -0.1) is 10.2 Å². The Morgan fingerprint density at radius 1 is 0.957 bits per heavy atom. The summed E-state index contributed by atoms with van der Waals surface area (Å²) in [4.78, 5) is 0. The third-order valence-electron chi connectivity index (χ3n) is 3.32. The first-order valence-corrected chi connectivity index (χ1v) is 7.14. The van der Waals surface area contributed by atoms with Crippen molar-refractivity contribution in [1.82, 2.24) is 14.2 Å². The van der Waals surface area contributed by atoms with E-state index < -0.39 is 0 Å². The maximum absolute atomic E-state index is 5.22. The van der Waals surface area contributed by atoms with E-state index in [1.54, 1.807) is 23.2 Å². The number of nitrogens with zero attached hydrogens (tertiary/aromatic N) is 5. The van der Waals surface area contributed by atoms with Gasteiger partial charge in [0.25, 0.3) is 5.62 Å². The molecule has 4 rings (SSSR count). The van der Waals surface area contributed by atoms with Crippen LogP contribution >= 0.6 is 0 Å². The molecular formula is C17H13N5O. The third kappa shape index (κ3) is 2.57. The van der Waals surface area contributed by atoms with E-state index in [0.717, 1.165) is 11.3 Å². The van der Waals surface area contributed by atoms with Crippen LogP contribution in [0.3, 0.4) is 0 Å². The number of para-hydroxylation sites is 1. The Morgan fingerprint density at radius 2 is 1.83 bits per heavy atom. The third-order valence-corrected chi connectivity index (χ3v) is 3.32. The molecule has 0 aliphatic heterocycles. The molecule has 3 aromatic heterocycles. The van der Waals surface area contributed by atoms with Crippen molar-refractivity contribution in [2.75, 3.05) is 0 Å². The van der Waals surface area contributed by atoms with Crippen molar-refractivity contribution in [1.29, 1.82) is 0 Å². The zero-order chi connectivity index (χ0) is 15.5. The summed E-state index contributed by atoms with van der Waals surface area (Å²) in [6.45, 7) is 0. The van der Waals surface area contributed by atoms with Gasteiger partial charge < -0.3 is 4.42 Å². The van der Waals surface area contributed by atoms with Crippen LogP contribution in [0.1, 0.15) is 5.76 Å². The fourth-order valence-corrected chi connectivity index (χ4v) is 2.27. The van der Waals surface area contributed by atoms with Gasteiger partial charge in [0.2, 0.25) is 0 Å². The predicted octanol–water partition coefficient (Wildman–Crippen LogP) is 2.65. The molecule has 4 aromatic rings. The second-order valence-electron chi connectivity index (χ2n) is 4.84. The summed E-state index contributed by atoms with van der Waals surface area (Å²) in [6.07, 6.45) is 5.07. The molecule has 0 bridgehead atoms. The van der Waals surface area contributed by atoms with Crippen molar-refractivity contribution in [3.63, 3.8) is 0 Å². The monoisotopic (exact) mass is 303 g/mol. The fraction of sp³-hybridized carbons (Fsp3) is 0. The molecule has 0 atom stereocenters. The maximum atomic E-state index is 5.22. The summed E-state index contributed by atoms with van der Waals surface area (Å²) in [5, 5.41) is 13.0. The van der Waals surface area contributed by atoms with Crippen LogP contribution in [0.15, 0.2) is 87.7 Å². The highest BCUT2D eigenvalue weighted by Crippen LogP contribution is 2.04. The minimum Gasteiger partial charge on any atom is -0.463 e. The number of furan rings is 1. The molecule has 0 spiro atoms. The molecule has 0 amide bonds. The lowest BCUT2D eigenvalue weighted by atomic mass is 10.3. The van der Waals surface area contributed by atoms with E-state index in [9.17, 15) is 0 Å². The summed E-state index contributed by atoms with van der Waals surface area (Å²) in [7, 11) is 0. The Hall–Kier alpha value is -3.41. The van der Waals surface area contributed by atoms with Gasteiger partial charge in [0, 0.05) is 6.20 Å². The van der Waals surface area contributed by atoms with Crippen molar-refractivity contribution in [2.24, 2.45) is 10.2 Å². The zero-order valence-corrected chi connectivity index (χ0v) is 12.1. The summed E-state index contributed by atoms with van der Waals surface area (Å²) < 4.78 is 8.86. The molecule has 0 unspecified atom stereocenters. The van der Waals surface area contributed by atoms with Gasteiger partial charge in [0.1, 0.15) is 5.76 Å². The standard InChI is InChI=1S/C17H13N5O/c1-2-7-14(8-3-1)22-17(19-18-13-15-9-6-12-23-15)21-11-5-4-10-16(21)20-22/h1-13H/b18-13?,19-17-. The highest BCUT2D eigenvalue weighted by molar-refractivity contribution is 5.75. The van der Waals surface area contributed by atoms with Gasteiger partial charge in [0.15, 0.2) is 5.65 Å². The van der Waals surface area contributed by atoms with Crippen molar-refractivity contribution in [3.8, 4) is 5.69 Å². The molecule has 0 N–H and O–H groups in total. The van der Waals surface area contributed by atoms with Crippen molar-refractivity contribution < 1.29 is 4.42 Å². The number of benzene rings is 1. The lowest BCUT2D eigenvalue weighted by molar-refractivity contribution is 0.560. The number of aromatic nitrogens is 3. The van der Waals surface area contributed by atoms with Crippen molar-refractivity contribution in [3.05, 3.63) is 84.5 Å². The topological polar surface area (TPSA) is 60.1 Å². The highest BCUT2D eigenvalue weighted by Gasteiger charge is 2.06. The fourth-order valence-electron chi connectivity index (χ4n) is 2.27. The quantitative estimate of drug-likeness (QED) is 0.431. The van der Waals surface area contributed by atoms with Crippen LogP contribution in [-0.2, 0) is 0 Å². The first-order chi connectivity index (χ1) is 11.4. The van der Waals surface area contributed by atoms with Gasteiger partial charge in [0.05, 0.1) is 18.2 Å². The molecule has 6 nitrogen and oxygen atoms in total. The van der Waals surface area contributed by atoms with Gasteiger partial charge in [-0.25, -0.2) is 0 Å². The minimum absolute atomic E-state index is 0.606. The number of hydrogen-bond donors (Lipinski definition) is 0. The first kappa shape index (κ1) is 13.3. The summed E-state index contributed by atoms with van der Waals surface area (Å²) in [5.41, 5.74) is 2.32. The molecule has 3 heterocycles. The molecule has 0 saturated heterocycles. The molecule has 1 aromatic carbocycles. The zero-order valence-electron chi connectivity index (χ0n) is 12.1. The lowest BCUT2D eigenvalue weighted by Gasteiger charge is -1.98. The molecule has 112 valence electrons. The van der Waals surface area contributed by atoms with E-state index in [1.165, 1.54) is 0 Å². The first-order valence-electron chi connectivity index (χ1n) is 7.14. The molecule has 23 heavy (non-hydrogen) atoms. The van der Waals surface area contributed by atoms with Gasteiger partial charge in [-0.3, -0.25) is 4.40 Å². The van der Waals surface area contributed by atoms with Gasteiger partial charge >= 0.3 is 0 Å². The van der Waals surface area contributed by atoms with Crippen LogP contribution in [-0.4, -0.2) is 20.4 Å². The van der Waals surface area contributed by atoms with Crippen molar-refractivity contribution >= 4 is 11.9 Å². The van der Waals surface area contributed by atoms with E-state index in [1.807, 2.05) is 65.2 Å². The van der Waals surface area contributed by atoms with Crippen LogP contribution in [0.25, 0.3) is 11.3 Å². The lowest BCUT2D eigenvalue weighted by Crippen LogP contribution is -2.21. The van der Waals surface area contributed by atoms with Gasteiger partial charge in [-0.2, -0.15) is 9.78 Å². The summed E-state index contributed by atoms with van der Waals surface area (Å²) in [6, 6.07) is 19.2. The number of rotatable bonds is 3. The van der Waals surface area contributed by atoms with Crippen LogP contribution in [0.2, 0.25) is 0 Å². The molecule has 0 aliphatic carbocycles. The molecule has 0 radical (unpaired) electrons. The Balaban J connectivity index is 1.89. The molecule has 0 saturated carbocycles. The molecule has 6 heteroatoms. The minimum atomic E-state index is 0.606. The Morgan fingerprint density at radius 3 is 2.65 bits per heavy atom. The van der Waals surface area contributed by atoms with Crippen LogP contribution in [0, 0.1) is 0 Å². The molecule has 0 aliphatic rings. The largest absolute Gasteiger partial charge is 0.463 e. The Labute approximate surface area is 131 Å². The predicted molar refractivity (Wildman–Crippen MR) is 86.4 cm³/mol. The average Bonchev–Trinajstić information content (AvgIpc) is 3.24. The second-order valence-corrected chi connectivity index (χ2v) is 4.84. The van der Waals surface area contributed by atoms with E-state index in [2.05, 4.69) is 15.3 Å². The summed E-state index contributed by atoms with van der Waals surface area (Å²) >= 11 is 0.